The van der Waals surface area contributed by atoms with E-state index in [4.69, 9.17) is 5.73 Å². The maximum atomic E-state index is 12.7. The number of amides is 2. The zero-order valence-electron chi connectivity index (χ0n) is 14.2. The van der Waals surface area contributed by atoms with Crippen molar-refractivity contribution >= 4 is 34.1 Å². The van der Waals surface area contributed by atoms with Gasteiger partial charge in [0, 0.05) is 4.88 Å². The number of fused-ring (bicyclic) bond motifs is 1. The Balaban J connectivity index is 1.85. The highest BCUT2D eigenvalue weighted by molar-refractivity contribution is 7.17. The van der Waals surface area contributed by atoms with Crippen LogP contribution in [0.25, 0.3) is 0 Å². The van der Waals surface area contributed by atoms with Crippen molar-refractivity contribution in [3.05, 3.63) is 16.0 Å². The summed E-state index contributed by atoms with van der Waals surface area (Å²) >= 11 is 1.43. The topological polar surface area (TPSA) is 109 Å². The number of carbonyl (C=O) groups excluding carboxylic acids is 2. The number of hydrogen-bond acceptors (Lipinski definition) is 4. The molecule has 2 aliphatic carbocycles. The third-order valence-electron chi connectivity index (χ3n) is 5.32. The number of nitrogens with one attached hydrogen (secondary N) is 1. The zero-order chi connectivity index (χ0) is 18.0. The van der Waals surface area contributed by atoms with Crippen LogP contribution in [0.3, 0.4) is 0 Å². The van der Waals surface area contributed by atoms with E-state index in [1.807, 2.05) is 0 Å². The lowest BCUT2D eigenvalue weighted by molar-refractivity contribution is -0.147. The SMILES string of the molecule is NC(=O)c1c(NC(=O)[C@@H]2CCCC[C@@H]2C(=O)O)sc2c1CCCCC2. The molecular formula is C18H24N2O4S. The highest BCUT2D eigenvalue weighted by atomic mass is 32.1. The summed E-state index contributed by atoms with van der Waals surface area (Å²) in [7, 11) is 0. The van der Waals surface area contributed by atoms with Crippen LogP contribution < -0.4 is 11.1 Å². The number of primary amides is 1. The van der Waals surface area contributed by atoms with Gasteiger partial charge < -0.3 is 16.2 Å². The Labute approximate surface area is 150 Å². The molecule has 1 fully saturated rings. The largest absolute Gasteiger partial charge is 0.481 e. The van der Waals surface area contributed by atoms with Gasteiger partial charge in [-0.15, -0.1) is 11.3 Å². The smallest absolute Gasteiger partial charge is 0.307 e. The molecule has 1 heterocycles. The van der Waals surface area contributed by atoms with Gasteiger partial charge in [-0.3, -0.25) is 14.4 Å². The second kappa shape index (κ2) is 7.56. The Morgan fingerprint density at radius 2 is 1.68 bits per heavy atom. The van der Waals surface area contributed by atoms with Crippen LogP contribution in [0.5, 0.6) is 0 Å². The molecule has 25 heavy (non-hydrogen) atoms. The van der Waals surface area contributed by atoms with Crippen molar-refractivity contribution < 1.29 is 19.5 Å². The van der Waals surface area contributed by atoms with Crippen LogP contribution in [0.2, 0.25) is 0 Å². The van der Waals surface area contributed by atoms with Gasteiger partial charge in [-0.2, -0.15) is 0 Å². The highest BCUT2D eigenvalue weighted by Gasteiger charge is 2.36. The van der Waals surface area contributed by atoms with Gasteiger partial charge in [0.2, 0.25) is 5.91 Å². The predicted molar refractivity (Wildman–Crippen MR) is 95.8 cm³/mol. The molecule has 1 saturated carbocycles. The molecule has 0 spiro atoms. The first-order valence-corrected chi connectivity index (χ1v) is 9.78. The van der Waals surface area contributed by atoms with Gasteiger partial charge in [-0.1, -0.05) is 19.3 Å². The van der Waals surface area contributed by atoms with Crippen LogP contribution in [-0.2, 0) is 22.4 Å². The number of aliphatic carboxylic acids is 1. The first-order chi connectivity index (χ1) is 12.0. The van der Waals surface area contributed by atoms with Crippen molar-refractivity contribution in [3.63, 3.8) is 0 Å². The average molecular weight is 364 g/mol. The lowest BCUT2D eigenvalue weighted by atomic mass is 9.79. The minimum atomic E-state index is -0.920. The van der Waals surface area contributed by atoms with Crippen molar-refractivity contribution in [3.8, 4) is 0 Å². The summed E-state index contributed by atoms with van der Waals surface area (Å²) in [4.78, 5) is 37.3. The molecule has 0 radical (unpaired) electrons. The second-order valence-electron chi connectivity index (χ2n) is 6.96. The third-order valence-corrected chi connectivity index (χ3v) is 6.53. The summed E-state index contributed by atoms with van der Waals surface area (Å²) in [5.41, 5.74) is 6.99. The Kier molecular flexibility index (Phi) is 5.42. The Bertz CT molecular complexity index is 697. The van der Waals surface area contributed by atoms with Gasteiger partial charge in [-0.05, 0) is 44.1 Å². The number of anilines is 1. The van der Waals surface area contributed by atoms with Crippen LogP contribution in [0.4, 0.5) is 5.00 Å². The number of nitrogens with two attached hydrogens (primary N) is 1. The third kappa shape index (κ3) is 3.71. The molecule has 136 valence electrons. The lowest BCUT2D eigenvalue weighted by Crippen LogP contribution is -2.36. The Hall–Kier alpha value is -1.89. The monoisotopic (exact) mass is 364 g/mol. The van der Waals surface area contributed by atoms with Crippen LogP contribution in [-0.4, -0.2) is 22.9 Å². The Morgan fingerprint density at radius 3 is 2.36 bits per heavy atom. The molecule has 7 heteroatoms. The van der Waals surface area contributed by atoms with Gasteiger partial charge in [0.1, 0.15) is 5.00 Å². The fourth-order valence-corrected chi connectivity index (χ4v) is 5.33. The Morgan fingerprint density at radius 1 is 1.00 bits per heavy atom. The van der Waals surface area contributed by atoms with Gasteiger partial charge in [0.25, 0.3) is 5.91 Å². The minimum Gasteiger partial charge on any atom is -0.481 e. The first-order valence-electron chi connectivity index (χ1n) is 8.97. The first kappa shape index (κ1) is 17.9. The number of carboxylic acids is 1. The molecule has 3 rings (SSSR count). The zero-order valence-corrected chi connectivity index (χ0v) is 15.0. The van der Waals surface area contributed by atoms with Gasteiger partial charge in [0.05, 0.1) is 17.4 Å². The van der Waals surface area contributed by atoms with E-state index < -0.39 is 23.7 Å². The second-order valence-corrected chi connectivity index (χ2v) is 8.06. The number of aryl methyl sites for hydroxylation is 1. The normalized spacial score (nSPS) is 23.4. The van der Waals surface area contributed by atoms with E-state index in [1.165, 1.54) is 11.3 Å². The molecule has 0 saturated heterocycles. The molecule has 0 aromatic carbocycles. The summed E-state index contributed by atoms with van der Waals surface area (Å²) in [6.07, 6.45) is 7.70. The lowest BCUT2D eigenvalue weighted by Gasteiger charge is -2.27. The van der Waals surface area contributed by atoms with Crippen LogP contribution in [0, 0.1) is 11.8 Å². The fraction of sp³-hybridized carbons (Fsp3) is 0.611. The summed E-state index contributed by atoms with van der Waals surface area (Å²) in [6, 6.07) is 0. The van der Waals surface area contributed by atoms with Gasteiger partial charge in [0.15, 0.2) is 0 Å². The molecule has 0 bridgehead atoms. The highest BCUT2D eigenvalue weighted by Crippen LogP contribution is 2.38. The molecule has 1 aromatic heterocycles. The van der Waals surface area contributed by atoms with E-state index in [2.05, 4.69) is 5.32 Å². The van der Waals surface area contributed by atoms with E-state index in [9.17, 15) is 19.5 Å². The van der Waals surface area contributed by atoms with Crippen molar-refractivity contribution in [1.29, 1.82) is 0 Å². The molecule has 6 nitrogen and oxygen atoms in total. The fourth-order valence-electron chi connectivity index (χ4n) is 4.04. The average Bonchev–Trinajstić information content (AvgIpc) is 2.76. The van der Waals surface area contributed by atoms with E-state index in [0.717, 1.165) is 55.4 Å². The number of carboxylic acid groups (broad SMARTS) is 1. The molecule has 0 aliphatic heterocycles. The molecule has 2 amide bonds. The maximum Gasteiger partial charge on any atom is 0.307 e. The van der Waals surface area contributed by atoms with E-state index >= 15 is 0 Å². The molecule has 4 N–H and O–H groups in total. The summed E-state index contributed by atoms with van der Waals surface area (Å²) < 4.78 is 0. The summed E-state index contributed by atoms with van der Waals surface area (Å²) in [5.74, 6) is -2.94. The molecule has 2 aliphatic rings. The number of hydrogen-bond donors (Lipinski definition) is 3. The maximum absolute atomic E-state index is 12.7. The quantitative estimate of drug-likeness (QED) is 0.714. The number of carbonyl (C=O) groups is 3. The number of rotatable bonds is 4. The van der Waals surface area contributed by atoms with E-state index in [0.29, 0.717) is 23.4 Å². The minimum absolute atomic E-state index is 0.300. The van der Waals surface area contributed by atoms with Crippen molar-refractivity contribution in [2.75, 3.05) is 5.32 Å². The molecular weight excluding hydrogens is 340 g/mol. The van der Waals surface area contributed by atoms with Gasteiger partial charge in [-0.25, -0.2) is 0 Å². The molecule has 1 aromatic rings. The molecule has 0 unspecified atom stereocenters. The standard InChI is InChI=1S/C18H24N2O4S/c19-15(21)14-12-8-2-1-3-9-13(12)25-17(14)20-16(22)10-6-4-5-7-11(10)18(23)24/h10-11H,1-9H2,(H2,19,21)(H,20,22)(H,23,24)/t10-,11+/m1/s1. The van der Waals surface area contributed by atoms with Crippen molar-refractivity contribution in [2.45, 2.75) is 57.8 Å². The predicted octanol–water partition coefficient (Wildman–Crippen LogP) is 2.95. The van der Waals surface area contributed by atoms with Crippen molar-refractivity contribution in [2.24, 2.45) is 17.6 Å². The molecule has 2 atom stereocenters. The number of thiophene rings is 1. The van der Waals surface area contributed by atoms with Crippen LogP contribution in [0.15, 0.2) is 0 Å². The van der Waals surface area contributed by atoms with E-state index in [-0.39, 0.29) is 5.91 Å². The van der Waals surface area contributed by atoms with Crippen LogP contribution in [0.1, 0.15) is 65.7 Å². The summed E-state index contributed by atoms with van der Waals surface area (Å²) in [6.45, 7) is 0. The van der Waals surface area contributed by atoms with Crippen LogP contribution >= 0.6 is 11.3 Å². The van der Waals surface area contributed by atoms with E-state index in [1.54, 1.807) is 0 Å². The van der Waals surface area contributed by atoms with Gasteiger partial charge >= 0.3 is 5.97 Å². The summed E-state index contributed by atoms with van der Waals surface area (Å²) in [5, 5.41) is 12.7. The van der Waals surface area contributed by atoms with Crippen molar-refractivity contribution in [1.82, 2.24) is 0 Å².